The van der Waals surface area contributed by atoms with Crippen molar-refractivity contribution in [2.75, 3.05) is 0 Å². The number of halogens is 2. The van der Waals surface area contributed by atoms with Gasteiger partial charge in [0.05, 0.1) is 3.57 Å². The van der Waals surface area contributed by atoms with Crippen LogP contribution in [0.5, 0.6) is 5.75 Å². The maximum absolute atomic E-state index is 11.0. The highest BCUT2D eigenvalue weighted by Gasteiger charge is 2.08. The number of aromatic hydroxyl groups is 1. The molecule has 1 aromatic carbocycles. The number of phenols is 1. The number of hydrogen-bond acceptors (Lipinski definition) is 2. The fourth-order valence-electron chi connectivity index (χ4n) is 0.806. The summed E-state index contributed by atoms with van der Waals surface area (Å²) in [6.45, 7) is 1.49. The monoisotopic (exact) mass is 340 g/mol. The molecule has 0 atom stereocenters. The molecule has 0 aliphatic heterocycles. The van der Waals surface area contributed by atoms with Crippen molar-refractivity contribution >= 4 is 44.3 Å². The van der Waals surface area contributed by atoms with E-state index in [0.29, 0.717) is 13.6 Å². The SMILES string of the molecule is CC(=O)c1cc(I)c(O)cc1Br. The van der Waals surface area contributed by atoms with Crippen LogP contribution in [0.4, 0.5) is 0 Å². The Morgan fingerprint density at radius 3 is 2.67 bits per heavy atom. The van der Waals surface area contributed by atoms with Crippen LogP contribution < -0.4 is 0 Å². The Labute approximate surface area is 92.2 Å². The van der Waals surface area contributed by atoms with Crippen LogP contribution >= 0.6 is 38.5 Å². The van der Waals surface area contributed by atoms with Crippen molar-refractivity contribution in [3.63, 3.8) is 0 Å². The molecule has 1 rings (SSSR count). The first kappa shape index (κ1) is 9.98. The highest BCUT2D eigenvalue weighted by Crippen LogP contribution is 2.27. The molecule has 0 spiro atoms. The standard InChI is InChI=1S/C8H6BrIO2/c1-4(11)5-2-7(10)8(12)3-6(5)9/h2-3,12H,1H3. The van der Waals surface area contributed by atoms with E-state index in [9.17, 15) is 9.90 Å². The lowest BCUT2D eigenvalue weighted by Gasteiger charge is -2.02. The minimum absolute atomic E-state index is 0.0141. The van der Waals surface area contributed by atoms with Gasteiger partial charge in [-0.15, -0.1) is 0 Å². The summed E-state index contributed by atoms with van der Waals surface area (Å²) in [7, 11) is 0. The Hall–Kier alpha value is -0.100. The Morgan fingerprint density at radius 1 is 1.58 bits per heavy atom. The van der Waals surface area contributed by atoms with Crippen molar-refractivity contribution in [2.45, 2.75) is 6.92 Å². The predicted octanol–water partition coefficient (Wildman–Crippen LogP) is 2.96. The number of rotatable bonds is 1. The lowest BCUT2D eigenvalue weighted by molar-refractivity contribution is 0.101. The van der Waals surface area contributed by atoms with E-state index < -0.39 is 0 Å². The van der Waals surface area contributed by atoms with Crippen LogP contribution in [0.25, 0.3) is 0 Å². The number of phenolic OH excluding ortho intramolecular Hbond substituents is 1. The van der Waals surface area contributed by atoms with Crippen molar-refractivity contribution in [3.05, 3.63) is 25.7 Å². The zero-order valence-corrected chi connectivity index (χ0v) is 10.0. The molecular weight excluding hydrogens is 335 g/mol. The summed E-state index contributed by atoms with van der Waals surface area (Å²) in [4.78, 5) is 11.0. The van der Waals surface area contributed by atoms with Gasteiger partial charge in [0, 0.05) is 10.0 Å². The van der Waals surface area contributed by atoms with Gasteiger partial charge in [0.2, 0.25) is 0 Å². The van der Waals surface area contributed by atoms with E-state index in [1.807, 2.05) is 22.6 Å². The minimum Gasteiger partial charge on any atom is -0.507 e. The molecule has 4 heteroatoms. The van der Waals surface area contributed by atoms with Crippen molar-refractivity contribution in [1.82, 2.24) is 0 Å². The number of hydrogen-bond donors (Lipinski definition) is 1. The highest BCUT2D eigenvalue weighted by molar-refractivity contribution is 14.1. The van der Waals surface area contributed by atoms with E-state index in [-0.39, 0.29) is 11.5 Å². The lowest BCUT2D eigenvalue weighted by Crippen LogP contribution is -1.94. The van der Waals surface area contributed by atoms with Crippen LogP contribution in [0.3, 0.4) is 0 Å². The van der Waals surface area contributed by atoms with Crippen molar-refractivity contribution < 1.29 is 9.90 Å². The Bertz CT molecular complexity index is 336. The van der Waals surface area contributed by atoms with Crippen LogP contribution in [-0.4, -0.2) is 10.9 Å². The third-order valence-electron chi connectivity index (χ3n) is 1.42. The van der Waals surface area contributed by atoms with Gasteiger partial charge in [-0.1, -0.05) is 0 Å². The minimum atomic E-state index is -0.0141. The predicted molar refractivity (Wildman–Crippen MR) is 58.5 cm³/mol. The fourth-order valence-corrected chi connectivity index (χ4v) is 1.88. The van der Waals surface area contributed by atoms with E-state index in [4.69, 9.17) is 0 Å². The van der Waals surface area contributed by atoms with E-state index in [0.717, 1.165) is 0 Å². The first-order valence-electron chi connectivity index (χ1n) is 3.21. The maximum Gasteiger partial charge on any atom is 0.160 e. The van der Waals surface area contributed by atoms with Gasteiger partial charge in [-0.25, -0.2) is 0 Å². The molecule has 0 amide bonds. The van der Waals surface area contributed by atoms with Crippen LogP contribution in [0.2, 0.25) is 0 Å². The first-order chi connectivity index (χ1) is 5.52. The number of ketones is 1. The van der Waals surface area contributed by atoms with Gasteiger partial charge in [-0.05, 0) is 57.6 Å². The second-order valence-electron chi connectivity index (χ2n) is 2.34. The molecular formula is C8H6BrIO2. The zero-order chi connectivity index (χ0) is 9.30. The molecule has 2 nitrogen and oxygen atoms in total. The first-order valence-corrected chi connectivity index (χ1v) is 5.08. The molecule has 64 valence electrons. The van der Waals surface area contributed by atoms with Crippen molar-refractivity contribution in [1.29, 1.82) is 0 Å². The summed E-state index contributed by atoms with van der Waals surface area (Å²) in [6, 6.07) is 3.18. The molecule has 1 N–H and O–H groups in total. The average molecular weight is 341 g/mol. The van der Waals surface area contributed by atoms with Gasteiger partial charge < -0.3 is 5.11 Å². The third kappa shape index (κ3) is 1.98. The van der Waals surface area contributed by atoms with E-state index in [2.05, 4.69) is 15.9 Å². The fraction of sp³-hybridized carbons (Fsp3) is 0.125. The molecule has 0 heterocycles. The number of Topliss-reactive ketones (excluding diaryl/α,β-unsaturated/α-hetero) is 1. The summed E-state index contributed by atoms with van der Waals surface area (Å²) in [5.41, 5.74) is 0.595. The number of carbonyl (C=O) groups is 1. The molecule has 0 fully saturated rings. The summed E-state index contributed by atoms with van der Waals surface area (Å²) in [6.07, 6.45) is 0. The van der Waals surface area contributed by atoms with Gasteiger partial charge in [-0.3, -0.25) is 4.79 Å². The van der Waals surface area contributed by atoms with Crippen LogP contribution in [0.1, 0.15) is 17.3 Å². The molecule has 0 aliphatic carbocycles. The summed E-state index contributed by atoms with van der Waals surface area (Å²) >= 11 is 5.17. The zero-order valence-electron chi connectivity index (χ0n) is 6.27. The Morgan fingerprint density at radius 2 is 2.17 bits per heavy atom. The second kappa shape index (κ2) is 3.74. The Kier molecular flexibility index (Phi) is 3.11. The lowest BCUT2D eigenvalue weighted by atomic mass is 10.1. The molecule has 0 aromatic heterocycles. The molecule has 0 saturated carbocycles. The molecule has 0 radical (unpaired) electrons. The van der Waals surface area contributed by atoms with E-state index >= 15 is 0 Å². The topological polar surface area (TPSA) is 37.3 Å². The third-order valence-corrected chi connectivity index (χ3v) is 2.94. The van der Waals surface area contributed by atoms with E-state index in [1.165, 1.54) is 13.0 Å². The molecule has 0 bridgehead atoms. The van der Waals surface area contributed by atoms with Gasteiger partial charge >= 0.3 is 0 Å². The number of carbonyl (C=O) groups excluding carboxylic acids is 1. The Balaban J connectivity index is 3.33. The van der Waals surface area contributed by atoms with Gasteiger partial charge in [0.25, 0.3) is 0 Å². The molecule has 0 saturated heterocycles. The van der Waals surface area contributed by atoms with Gasteiger partial charge in [0.15, 0.2) is 5.78 Å². The smallest absolute Gasteiger partial charge is 0.160 e. The normalized spacial score (nSPS) is 9.92. The second-order valence-corrected chi connectivity index (χ2v) is 4.36. The maximum atomic E-state index is 11.0. The highest BCUT2D eigenvalue weighted by atomic mass is 127. The average Bonchev–Trinajstić information content (AvgIpc) is 1.96. The van der Waals surface area contributed by atoms with Crippen LogP contribution in [-0.2, 0) is 0 Å². The number of benzene rings is 1. The van der Waals surface area contributed by atoms with Crippen LogP contribution in [0, 0.1) is 3.57 Å². The molecule has 0 unspecified atom stereocenters. The van der Waals surface area contributed by atoms with E-state index in [1.54, 1.807) is 6.07 Å². The largest absolute Gasteiger partial charge is 0.507 e. The summed E-state index contributed by atoms with van der Waals surface area (Å²) in [5, 5.41) is 9.26. The quantitative estimate of drug-likeness (QED) is 0.630. The summed E-state index contributed by atoms with van der Waals surface area (Å²) < 4.78 is 1.31. The van der Waals surface area contributed by atoms with Gasteiger partial charge in [0.1, 0.15) is 5.75 Å². The van der Waals surface area contributed by atoms with Crippen molar-refractivity contribution in [2.24, 2.45) is 0 Å². The van der Waals surface area contributed by atoms with Crippen molar-refractivity contribution in [3.8, 4) is 5.75 Å². The molecule has 12 heavy (non-hydrogen) atoms. The molecule has 1 aromatic rings. The van der Waals surface area contributed by atoms with Crippen LogP contribution in [0.15, 0.2) is 16.6 Å². The summed E-state index contributed by atoms with van der Waals surface area (Å²) in [5.74, 6) is 0.173. The van der Waals surface area contributed by atoms with Gasteiger partial charge in [-0.2, -0.15) is 0 Å². The molecule has 0 aliphatic rings.